The third-order valence-corrected chi connectivity index (χ3v) is 3.13. The van der Waals surface area contributed by atoms with Crippen molar-refractivity contribution in [1.29, 1.82) is 0 Å². The highest BCUT2D eigenvalue weighted by atomic mass is 16.5. The maximum atomic E-state index is 11.7. The van der Waals surface area contributed by atoms with E-state index in [4.69, 9.17) is 9.84 Å². The van der Waals surface area contributed by atoms with Gasteiger partial charge in [-0.05, 0) is 24.3 Å². The lowest BCUT2D eigenvalue weighted by Gasteiger charge is -2.28. The van der Waals surface area contributed by atoms with Gasteiger partial charge in [-0.3, -0.25) is 9.59 Å². The molecular weight excluding hydrogens is 246 g/mol. The van der Waals surface area contributed by atoms with E-state index in [9.17, 15) is 9.59 Å². The number of rotatable bonds is 5. The van der Waals surface area contributed by atoms with E-state index in [2.05, 4.69) is 4.90 Å². The monoisotopic (exact) mass is 263 g/mol. The summed E-state index contributed by atoms with van der Waals surface area (Å²) < 4.78 is 5.29. The van der Waals surface area contributed by atoms with Crippen LogP contribution >= 0.6 is 0 Å². The lowest BCUT2D eigenvalue weighted by atomic mass is 10.1. The van der Waals surface area contributed by atoms with Crippen molar-refractivity contribution < 1.29 is 19.4 Å². The Morgan fingerprint density at radius 3 is 2.32 bits per heavy atom. The summed E-state index contributed by atoms with van der Waals surface area (Å²) in [4.78, 5) is 24.4. The number of ketones is 1. The Bertz CT molecular complexity index is 449. The van der Waals surface area contributed by atoms with Crippen LogP contribution in [0.1, 0.15) is 23.2 Å². The molecule has 0 spiro atoms. The highest BCUT2D eigenvalue weighted by Gasteiger charge is 2.12. The van der Waals surface area contributed by atoms with Gasteiger partial charge in [0.15, 0.2) is 5.78 Å². The van der Waals surface area contributed by atoms with E-state index in [0.29, 0.717) is 5.56 Å². The Morgan fingerprint density at radius 2 is 1.74 bits per heavy atom. The number of morpholine rings is 1. The van der Waals surface area contributed by atoms with Crippen molar-refractivity contribution in [1.82, 2.24) is 0 Å². The van der Waals surface area contributed by atoms with Crippen LogP contribution in [0.3, 0.4) is 0 Å². The molecule has 0 unspecified atom stereocenters. The Morgan fingerprint density at radius 1 is 1.11 bits per heavy atom. The van der Waals surface area contributed by atoms with Gasteiger partial charge in [-0.1, -0.05) is 0 Å². The van der Waals surface area contributed by atoms with Crippen molar-refractivity contribution in [2.24, 2.45) is 0 Å². The molecule has 5 heteroatoms. The van der Waals surface area contributed by atoms with E-state index < -0.39 is 5.97 Å². The van der Waals surface area contributed by atoms with Gasteiger partial charge in [0.1, 0.15) is 0 Å². The molecule has 1 aromatic carbocycles. The van der Waals surface area contributed by atoms with Crippen LogP contribution in [0.5, 0.6) is 0 Å². The van der Waals surface area contributed by atoms with Crippen LogP contribution in [-0.2, 0) is 9.53 Å². The quantitative estimate of drug-likeness (QED) is 0.817. The normalized spacial score (nSPS) is 15.3. The number of carboxylic acid groups (broad SMARTS) is 1. The number of carbonyl (C=O) groups is 2. The standard InChI is InChI=1S/C14H17NO4/c16-13(5-6-14(17)18)11-1-3-12(4-2-11)15-7-9-19-10-8-15/h1-4H,5-10H2,(H,17,18). The zero-order valence-corrected chi connectivity index (χ0v) is 10.7. The summed E-state index contributed by atoms with van der Waals surface area (Å²) in [5.41, 5.74) is 1.64. The zero-order valence-electron chi connectivity index (χ0n) is 10.7. The predicted molar refractivity (Wildman–Crippen MR) is 70.7 cm³/mol. The van der Waals surface area contributed by atoms with Crippen molar-refractivity contribution in [2.75, 3.05) is 31.2 Å². The van der Waals surface area contributed by atoms with E-state index >= 15 is 0 Å². The molecule has 5 nitrogen and oxygen atoms in total. The number of nitrogens with zero attached hydrogens (tertiary/aromatic N) is 1. The summed E-state index contributed by atoms with van der Waals surface area (Å²) in [7, 11) is 0. The molecule has 0 aliphatic carbocycles. The molecule has 1 fully saturated rings. The molecule has 1 aliphatic rings. The van der Waals surface area contributed by atoms with Crippen molar-refractivity contribution in [2.45, 2.75) is 12.8 Å². The number of anilines is 1. The minimum Gasteiger partial charge on any atom is -0.481 e. The van der Waals surface area contributed by atoms with Crippen LogP contribution in [0.15, 0.2) is 24.3 Å². The third kappa shape index (κ3) is 3.79. The first-order chi connectivity index (χ1) is 9.16. The molecule has 1 saturated heterocycles. The number of aliphatic carboxylic acids is 1. The number of hydrogen-bond acceptors (Lipinski definition) is 4. The minimum absolute atomic E-state index is 0.0479. The van der Waals surface area contributed by atoms with Gasteiger partial charge >= 0.3 is 5.97 Å². The van der Waals surface area contributed by atoms with Crippen molar-refractivity contribution >= 4 is 17.4 Å². The molecule has 0 radical (unpaired) electrons. The SMILES string of the molecule is O=C(O)CCC(=O)c1ccc(N2CCOCC2)cc1. The van der Waals surface area contributed by atoms with Crippen LogP contribution in [0.4, 0.5) is 5.69 Å². The fourth-order valence-corrected chi connectivity index (χ4v) is 2.04. The topological polar surface area (TPSA) is 66.8 Å². The summed E-state index contributed by atoms with van der Waals surface area (Å²) in [5, 5.41) is 8.55. The molecule has 1 aliphatic heterocycles. The number of Topliss-reactive ketones (excluding diaryl/α,β-unsaturated/α-hetero) is 1. The summed E-state index contributed by atoms with van der Waals surface area (Å²) in [5.74, 6) is -1.07. The average molecular weight is 263 g/mol. The molecule has 0 atom stereocenters. The third-order valence-electron chi connectivity index (χ3n) is 3.13. The molecule has 1 aromatic rings. The Hall–Kier alpha value is -1.88. The minimum atomic E-state index is -0.946. The second kappa shape index (κ2) is 6.33. The van der Waals surface area contributed by atoms with Gasteiger partial charge in [0.25, 0.3) is 0 Å². The second-order valence-electron chi connectivity index (χ2n) is 4.46. The van der Waals surface area contributed by atoms with Gasteiger partial charge in [0.2, 0.25) is 0 Å². The average Bonchev–Trinajstić information content (AvgIpc) is 2.46. The predicted octanol–water partition coefficient (Wildman–Crippen LogP) is 1.57. The van der Waals surface area contributed by atoms with Crippen molar-refractivity contribution in [3.8, 4) is 0 Å². The summed E-state index contributed by atoms with van der Waals surface area (Å²) in [6, 6.07) is 7.32. The molecule has 2 rings (SSSR count). The number of carbonyl (C=O) groups excluding carboxylic acids is 1. The second-order valence-corrected chi connectivity index (χ2v) is 4.46. The van der Waals surface area contributed by atoms with Crippen LogP contribution in [0.25, 0.3) is 0 Å². The van der Waals surface area contributed by atoms with Gasteiger partial charge in [-0.25, -0.2) is 0 Å². The molecule has 102 valence electrons. The molecule has 0 saturated carbocycles. The molecule has 0 amide bonds. The van der Waals surface area contributed by atoms with Gasteiger partial charge in [0.05, 0.1) is 19.6 Å². The Kier molecular flexibility index (Phi) is 4.52. The Labute approximate surface area is 111 Å². The first-order valence-electron chi connectivity index (χ1n) is 6.34. The largest absolute Gasteiger partial charge is 0.481 e. The highest BCUT2D eigenvalue weighted by Crippen LogP contribution is 2.17. The van der Waals surface area contributed by atoms with Crippen LogP contribution in [0.2, 0.25) is 0 Å². The molecule has 0 bridgehead atoms. The van der Waals surface area contributed by atoms with E-state index in [1.165, 1.54) is 0 Å². The number of hydrogen-bond donors (Lipinski definition) is 1. The first kappa shape index (κ1) is 13.5. The molecule has 1 N–H and O–H groups in total. The Balaban J connectivity index is 1.97. The van der Waals surface area contributed by atoms with Gasteiger partial charge in [0, 0.05) is 30.8 Å². The van der Waals surface area contributed by atoms with Crippen LogP contribution in [0, 0.1) is 0 Å². The lowest BCUT2D eigenvalue weighted by Crippen LogP contribution is -2.36. The molecule has 0 aromatic heterocycles. The summed E-state index contributed by atoms with van der Waals surface area (Å²) >= 11 is 0. The molecular formula is C14H17NO4. The van der Waals surface area contributed by atoms with Gasteiger partial charge < -0.3 is 14.7 Å². The molecule has 19 heavy (non-hydrogen) atoms. The number of ether oxygens (including phenoxy) is 1. The van der Waals surface area contributed by atoms with Crippen molar-refractivity contribution in [3.63, 3.8) is 0 Å². The lowest BCUT2D eigenvalue weighted by molar-refractivity contribution is -0.136. The fraction of sp³-hybridized carbons (Fsp3) is 0.429. The number of carboxylic acids is 1. The van der Waals surface area contributed by atoms with E-state index in [1.807, 2.05) is 12.1 Å². The smallest absolute Gasteiger partial charge is 0.303 e. The summed E-state index contributed by atoms with van der Waals surface area (Å²) in [6.07, 6.45) is -0.0731. The fourth-order valence-electron chi connectivity index (χ4n) is 2.04. The van der Waals surface area contributed by atoms with Crippen LogP contribution < -0.4 is 4.90 Å². The van der Waals surface area contributed by atoms with E-state index in [-0.39, 0.29) is 18.6 Å². The van der Waals surface area contributed by atoms with Crippen LogP contribution in [-0.4, -0.2) is 43.2 Å². The van der Waals surface area contributed by atoms with Gasteiger partial charge in [-0.15, -0.1) is 0 Å². The number of benzene rings is 1. The van der Waals surface area contributed by atoms with Gasteiger partial charge in [-0.2, -0.15) is 0 Å². The zero-order chi connectivity index (χ0) is 13.7. The van der Waals surface area contributed by atoms with E-state index in [1.54, 1.807) is 12.1 Å². The first-order valence-corrected chi connectivity index (χ1v) is 6.34. The van der Waals surface area contributed by atoms with Crippen molar-refractivity contribution in [3.05, 3.63) is 29.8 Å². The summed E-state index contributed by atoms with van der Waals surface area (Å²) in [6.45, 7) is 3.15. The highest BCUT2D eigenvalue weighted by molar-refractivity contribution is 5.97. The van der Waals surface area contributed by atoms with E-state index in [0.717, 1.165) is 32.0 Å². The maximum Gasteiger partial charge on any atom is 0.303 e. The molecule has 1 heterocycles. The maximum absolute atomic E-state index is 11.7.